The number of carbonyl (C=O) groups is 1. The molecule has 0 spiro atoms. The minimum atomic E-state index is -0.537. The number of aliphatic hydroxyl groups excluding tert-OH is 1. The fourth-order valence-electron chi connectivity index (χ4n) is 3.68. The molecule has 1 unspecified atom stereocenters. The van der Waals surface area contributed by atoms with Crippen molar-refractivity contribution in [3.05, 3.63) is 11.8 Å². The third-order valence-electron chi connectivity index (χ3n) is 6.08. The summed E-state index contributed by atoms with van der Waals surface area (Å²) in [6, 6.07) is 1.78. The van der Waals surface area contributed by atoms with Gasteiger partial charge >= 0.3 is 0 Å². The van der Waals surface area contributed by atoms with Crippen molar-refractivity contribution in [2.24, 2.45) is 5.92 Å². The molecule has 2 saturated carbocycles. The fourth-order valence-corrected chi connectivity index (χ4v) is 5.31. The van der Waals surface area contributed by atoms with E-state index in [0.29, 0.717) is 5.88 Å². The summed E-state index contributed by atoms with van der Waals surface area (Å²) in [5, 5.41) is 16.8. The van der Waals surface area contributed by atoms with E-state index in [9.17, 15) is 9.90 Å². The third-order valence-corrected chi connectivity index (χ3v) is 8.59. The van der Waals surface area contributed by atoms with E-state index in [2.05, 4.69) is 16.3 Å². The Morgan fingerprint density at radius 1 is 1.44 bits per heavy atom. The maximum atomic E-state index is 12.8. The molecule has 0 aromatic carbocycles. The lowest BCUT2D eigenvalue weighted by molar-refractivity contribution is -0.117. The number of hydrogen-bond donors (Lipinski definition) is 2. The van der Waals surface area contributed by atoms with Crippen LogP contribution in [0, 0.1) is 5.92 Å². The van der Waals surface area contributed by atoms with Crippen LogP contribution in [-0.4, -0.2) is 39.1 Å². The van der Waals surface area contributed by atoms with E-state index >= 15 is 0 Å². The van der Waals surface area contributed by atoms with Crippen LogP contribution in [0.1, 0.15) is 64.5 Å². The van der Waals surface area contributed by atoms with E-state index in [-0.39, 0.29) is 28.4 Å². The lowest BCUT2D eigenvalue weighted by Crippen LogP contribution is -2.37. The molecule has 3 rings (SSSR count). The zero-order chi connectivity index (χ0) is 18.1. The second kappa shape index (κ2) is 7.23. The molecule has 140 valence electrons. The largest absolute Gasteiger partial charge is 0.395 e. The van der Waals surface area contributed by atoms with Crippen LogP contribution in [0.5, 0.6) is 0 Å². The van der Waals surface area contributed by atoms with Crippen molar-refractivity contribution in [1.82, 2.24) is 5.16 Å². The van der Waals surface area contributed by atoms with Crippen molar-refractivity contribution in [3.8, 4) is 0 Å². The normalized spacial score (nSPS) is 21.7. The molecule has 1 atom stereocenters. The Hall–Kier alpha value is -1.14. The third kappa shape index (κ3) is 3.70. The van der Waals surface area contributed by atoms with E-state index in [4.69, 9.17) is 4.52 Å². The minimum absolute atomic E-state index is 0.0716. The van der Waals surface area contributed by atoms with Gasteiger partial charge in [0.15, 0.2) is 0 Å². The summed E-state index contributed by atoms with van der Waals surface area (Å²) in [5.41, 5.74) is 0.451. The van der Waals surface area contributed by atoms with Gasteiger partial charge in [-0.05, 0) is 51.2 Å². The smallest absolute Gasteiger partial charge is 0.241 e. The monoisotopic (exact) mass is 366 g/mol. The van der Waals surface area contributed by atoms with Gasteiger partial charge in [-0.1, -0.05) is 30.3 Å². The summed E-state index contributed by atoms with van der Waals surface area (Å²) < 4.78 is 4.82. The van der Waals surface area contributed by atoms with Gasteiger partial charge in [-0.15, -0.1) is 0 Å². The highest BCUT2D eigenvalue weighted by atomic mass is 32.2. The quantitative estimate of drug-likeness (QED) is 0.722. The number of carbonyl (C=O) groups excluding carboxylic acids is 1. The molecular weight excluding hydrogens is 336 g/mol. The summed E-state index contributed by atoms with van der Waals surface area (Å²) in [6.07, 6.45) is 7.86. The van der Waals surface area contributed by atoms with Gasteiger partial charge in [-0.25, -0.2) is 0 Å². The average molecular weight is 367 g/mol. The Morgan fingerprint density at radius 3 is 2.68 bits per heavy atom. The van der Waals surface area contributed by atoms with Crippen LogP contribution in [0.3, 0.4) is 0 Å². The summed E-state index contributed by atoms with van der Waals surface area (Å²) >= 11 is 0. The number of aromatic nitrogens is 1. The molecule has 2 aliphatic carbocycles. The minimum Gasteiger partial charge on any atom is -0.395 e. The molecule has 0 aliphatic heterocycles. The van der Waals surface area contributed by atoms with Gasteiger partial charge < -0.3 is 9.63 Å². The number of nitrogens with zero attached hydrogens (tertiary/aromatic N) is 1. The predicted octanol–water partition coefficient (Wildman–Crippen LogP) is 3.70. The van der Waals surface area contributed by atoms with Crippen molar-refractivity contribution in [2.75, 3.05) is 17.7 Å². The van der Waals surface area contributed by atoms with Crippen LogP contribution in [0.15, 0.2) is 10.6 Å². The van der Waals surface area contributed by atoms with E-state index < -0.39 is 4.75 Å². The molecule has 2 N–H and O–H groups in total. The number of amides is 1. The van der Waals surface area contributed by atoms with Gasteiger partial charge in [0.1, 0.15) is 0 Å². The molecule has 6 heteroatoms. The topological polar surface area (TPSA) is 75.4 Å². The van der Waals surface area contributed by atoms with Crippen molar-refractivity contribution in [2.45, 2.75) is 69.0 Å². The first-order valence-electron chi connectivity index (χ1n) is 9.27. The van der Waals surface area contributed by atoms with Crippen LogP contribution >= 0.6 is 10.5 Å². The first kappa shape index (κ1) is 18.6. The highest BCUT2D eigenvalue weighted by molar-refractivity contribution is 8.15. The first-order chi connectivity index (χ1) is 11.9. The predicted molar refractivity (Wildman–Crippen MR) is 103 cm³/mol. The van der Waals surface area contributed by atoms with Crippen molar-refractivity contribution in [3.63, 3.8) is 0 Å². The molecule has 2 aliphatic rings. The number of nitrogens with one attached hydrogen (secondary N) is 1. The van der Waals surface area contributed by atoms with Gasteiger partial charge in [0.05, 0.1) is 17.0 Å². The Labute approximate surface area is 152 Å². The first-order valence-corrected chi connectivity index (χ1v) is 10.8. The summed E-state index contributed by atoms with van der Waals surface area (Å²) in [5.74, 6) is 6.33. The molecule has 25 heavy (non-hydrogen) atoms. The molecule has 0 bridgehead atoms. The Bertz CT molecular complexity index is 643. The zero-order valence-electron chi connectivity index (χ0n) is 15.3. The number of rotatable bonds is 7. The molecule has 2 fully saturated rings. The van der Waals surface area contributed by atoms with Crippen molar-refractivity contribution in [1.29, 1.82) is 0 Å². The van der Waals surface area contributed by atoms with Gasteiger partial charge in [-0.2, -0.15) is 10.5 Å². The SMILES string of the molecule is C=S(CC1CCC1)C(C)(C)C(=O)Nc1cc(C2(CO)CCCC2)no1. The number of hydrogen-bond acceptors (Lipinski definition) is 4. The van der Waals surface area contributed by atoms with Crippen LogP contribution in [-0.2, 0) is 10.2 Å². The number of anilines is 1. The number of aliphatic hydroxyl groups is 1. The van der Waals surface area contributed by atoms with Gasteiger partial charge in [-0.3, -0.25) is 10.1 Å². The molecule has 5 nitrogen and oxygen atoms in total. The average Bonchev–Trinajstić information content (AvgIpc) is 3.20. The van der Waals surface area contributed by atoms with E-state index in [1.807, 2.05) is 13.8 Å². The van der Waals surface area contributed by atoms with Crippen molar-refractivity contribution < 1.29 is 14.4 Å². The van der Waals surface area contributed by atoms with Gasteiger partial charge in [0.25, 0.3) is 0 Å². The van der Waals surface area contributed by atoms with E-state index in [1.165, 1.54) is 19.3 Å². The Kier molecular flexibility index (Phi) is 5.40. The summed E-state index contributed by atoms with van der Waals surface area (Å²) in [4.78, 5) is 12.8. The Balaban J connectivity index is 1.65. The van der Waals surface area contributed by atoms with Crippen LogP contribution < -0.4 is 5.32 Å². The molecule has 1 aromatic heterocycles. The van der Waals surface area contributed by atoms with Crippen LogP contribution in [0.2, 0.25) is 0 Å². The summed E-state index contributed by atoms with van der Waals surface area (Å²) in [6.45, 7) is 3.99. The molecule has 1 heterocycles. The Morgan fingerprint density at radius 2 is 2.12 bits per heavy atom. The highest BCUT2D eigenvalue weighted by Crippen LogP contribution is 2.42. The van der Waals surface area contributed by atoms with E-state index in [0.717, 1.165) is 43.0 Å². The maximum absolute atomic E-state index is 12.8. The second-order valence-corrected chi connectivity index (χ2v) is 10.5. The van der Waals surface area contributed by atoms with Gasteiger partial charge in [0, 0.05) is 11.5 Å². The molecule has 0 saturated heterocycles. The maximum Gasteiger partial charge on any atom is 0.241 e. The van der Waals surface area contributed by atoms with Gasteiger partial charge in [0.2, 0.25) is 11.8 Å². The van der Waals surface area contributed by atoms with Crippen LogP contribution in [0.25, 0.3) is 0 Å². The molecule has 0 radical (unpaired) electrons. The fraction of sp³-hybridized carbons (Fsp3) is 0.737. The highest BCUT2D eigenvalue weighted by Gasteiger charge is 2.39. The lowest BCUT2D eigenvalue weighted by atomic mass is 9.84. The molecular formula is C19H30N2O3S. The van der Waals surface area contributed by atoms with Crippen LogP contribution in [0.4, 0.5) is 5.88 Å². The lowest BCUT2D eigenvalue weighted by Gasteiger charge is -2.33. The zero-order valence-corrected chi connectivity index (χ0v) is 16.2. The van der Waals surface area contributed by atoms with Crippen molar-refractivity contribution >= 4 is 28.1 Å². The summed E-state index contributed by atoms with van der Waals surface area (Å²) in [7, 11) is -0.232. The molecule has 1 aromatic rings. The standard InChI is InChI=1S/C19H30N2O3S/c1-18(2,25(3)12-14-7-6-8-14)17(23)20-16-11-15(21-24-16)19(13-22)9-4-5-10-19/h11,14,22H,3-10,12-13H2,1-2H3,(H,20,23). The molecule has 1 amide bonds. The second-order valence-electron chi connectivity index (χ2n) is 8.14. The van der Waals surface area contributed by atoms with E-state index in [1.54, 1.807) is 6.07 Å².